The molecular weight excluding hydrogens is 396 g/mol. The van der Waals surface area contributed by atoms with Gasteiger partial charge in [-0.1, -0.05) is 52.1 Å². The minimum atomic E-state index is -0.584. The number of unbranched alkanes of at least 4 members (excludes halogenated alkanes) is 1. The van der Waals surface area contributed by atoms with Gasteiger partial charge in [0.2, 0.25) is 5.91 Å². The lowest BCUT2D eigenvalue weighted by Crippen LogP contribution is -2.35. The van der Waals surface area contributed by atoms with E-state index in [0.29, 0.717) is 22.3 Å². The fourth-order valence-electron chi connectivity index (χ4n) is 2.41. The lowest BCUT2D eigenvalue weighted by molar-refractivity contribution is -0.117. The Labute approximate surface area is 174 Å². The molecule has 0 aliphatic heterocycles. The summed E-state index contributed by atoms with van der Waals surface area (Å²) in [5.74, 6) is -0.664. The summed E-state index contributed by atoms with van der Waals surface area (Å²) in [5, 5.41) is 8.23. The zero-order valence-electron chi connectivity index (χ0n) is 16.6. The number of halogens is 1. The molecule has 28 heavy (non-hydrogen) atoms. The lowest BCUT2D eigenvalue weighted by atomic mass is 9.93. The standard InChI is InChI=1S/C20H27ClN4O2S/c1-5-6-7-15(22)18(27)23-12-8-9-14(21)13(10-12)17(26)25-19-24-16(11-28-19)20(2,3)4/h8-11,15H,5-7,22H2,1-4H3,(H,23,27)(H,24,25,26). The number of aromatic nitrogens is 1. The first kappa shape index (κ1) is 22.3. The summed E-state index contributed by atoms with van der Waals surface area (Å²) in [4.78, 5) is 29.3. The zero-order chi connectivity index (χ0) is 20.9. The van der Waals surface area contributed by atoms with E-state index in [0.717, 1.165) is 18.5 Å². The molecule has 0 fully saturated rings. The summed E-state index contributed by atoms with van der Waals surface area (Å²) in [6.07, 6.45) is 2.47. The van der Waals surface area contributed by atoms with Crippen molar-refractivity contribution < 1.29 is 9.59 Å². The monoisotopic (exact) mass is 422 g/mol. The number of carbonyl (C=O) groups is 2. The highest BCUT2D eigenvalue weighted by molar-refractivity contribution is 7.14. The maximum Gasteiger partial charge on any atom is 0.259 e. The Hall–Kier alpha value is -1.96. The van der Waals surface area contributed by atoms with Crippen LogP contribution in [0, 0.1) is 0 Å². The van der Waals surface area contributed by atoms with E-state index in [1.807, 2.05) is 12.3 Å². The third-order valence-electron chi connectivity index (χ3n) is 4.18. The first-order valence-electron chi connectivity index (χ1n) is 9.25. The van der Waals surface area contributed by atoms with Gasteiger partial charge in [-0.15, -0.1) is 11.3 Å². The number of nitrogens with two attached hydrogens (primary N) is 1. The Morgan fingerprint density at radius 3 is 2.61 bits per heavy atom. The van der Waals surface area contributed by atoms with Crippen molar-refractivity contribution in [1.29, 1.82) is 0 Å². The van der Waals surface area contributed by atoms with Gasteiger partial charge in [-0.3, -0.25) is 14.9 Å². The predicted molar refractivity (Wildman–Crippen MR) is 116 cm³/mol. The molecule has 0 saturated carbocycles. The molecule has 152 valence electrons. The van der Waals surface area contributed by atoms with Crippen LogP contribution in [0.5, 0.6) is 0 Å². The van der Waals surface area contributed by atoms with Gasteiger partial charge in [0.15, 0.2) is 5.13 Å². The second-order valence-electron chi connectivity index (χ2n) is 7.67. The average Bonchev–Trinajstić information content (AvgIpc) is 3.10. The molecule has 6 nitrogen and oxygen atoms in total. The van der Waals surface area contributed by atoms with Crippen molar-refractivity contribution >= 4 is 45.6 Å². The molecule has 0 radical (unpaired) electrons. The van der Waals surface area contributed by atoms with Crippen molar-refractivity contribution in [3.63, 3.8) is 0 Å². The van der Waals surface area contributed by atoms with Crippen LogP contribution in [0.4, 0.5) is 10.8 Å². The number of thiazole rings is 1. The van der Waals surface area contributed by atoms with Crippen LogP contribution in [0.25, 0.3) is 0 Å². The van der Waals surface area contributed by atoms with E-state index in [2.05, 4.69) is 36.4 Å². The van der Waals surface area contributed by atoms with E-state index in [-0.39, 0.29) is 22.8 Å². The van der Waals surface area contributed by atoms with Crippen LogP contribution >= 0.6 is 22.9 Å². The average molecular weight is 423 g/mol. The molecule has 2 aromatic rings. The zero-order valence-corrected chi connectivity index (χ0v) is 18.2. The Balaban J connectivity index is 2.10. The van der Waals surface area contributed by atoms with E-state index in [1.54, 1.807) is 18.2 Å². The maximum atomic E-state index is 12.6. The van der Waals surface area contributed by atoms with Crippen LogP contribution in [-0.2, 0) is 10.2 Å². The SMILES string of the molecule is CCCCC(N)C(=O)Nc1ccc(Cl)c(C(=O)Nc2nc(C(C)(C)C)cs2)c1. The molecule has 0 bridgehead atoms. The molecule has 0 aliphatic carbocycles. The van der Waals surface area contributed by atoms with Crippen molar-refractivity contribution in [2.24, 2.45) is 5.73 Å². The van der Waals surface area contributed by atoms with Crippen LogP contribution in [0.1, 0.15) is 63.0 Å². The normalized spacial score (nSPS) is 12.5. The van der Waals surface area contributed by atoms with Crippen LogP contribution < -0.4 is 16.4 Å². The Bertz CT molecular complexity index is 845. The summed E-state index contributed by atoms with van der Waals surface area (Å²) < 4.78 is 0. The van der Waals surface area contributed by atoms with E-state index >= 15 is 0 Å². The largest absolute Gasteiger partial charge is 0.325 e. The highest BCUT2D eigenvalue weighted by Crippen LogP contribution is 2.27. The molecule has 1 heterocycles. The van der Waals surface area contributed by atoms with Crippen LogP contribution in [0.3, 0.4) is 0 Å². The number of rotatable bonds is 7. The van der Waals surface area contributed by atoms with Gasteiger partial charge < -0.3 is 11.1 Å². The quantitative estimate of drug-likeness (QED) is 0.596. The number of hydrogen-bond donors (Lipinski definition) is 3. The second kappa shape index (κ2) is 9.49. The number of amides is 2. The Morgan fingerprint density at radius 1 is 1.29 bits per heavy atom. The Morgan fingerprint density at radius 2 is 2.00 bits per heavy atom. The predicted octanol–water partition coefficient (Wildman–Crippen LogP) is 4.80. The fourth-order valence-corrected chi connectivity index (χ4v) is 3.54. The number of carbonyl (C=O) groups excluding carboxylic acids is 2. The lowest BCUT2D eigenvalue weighted by Gasteiger charge is -2.14. The van der Waals surface area contributed by atoms with Gasteiger partial charge in [-0.05, 0) is 24.6 Å². The van der Waals surface area contributed by atoms with Gasteiger partial charge in [0.25, 0.3) is 5.91 Å². The molecule has 4 N–H and O–H groups in total. The third kappa shape index (κ3) is 6.02. The molecule has 1 aromatic heterocycles. The molecule has 8 heteroatoms. The molecule has 0 spiro atoms. The van der Waals surface area contributed by atoms with E-state index in [4.69, 9.17) is 17.3 Å². The van der Waals surface area contributed by atoms with Gasteiger partial charge in [-0.25, -0.2) is 4.98 Å². The van der Waals surface area contributed by atoms with E-state index in [9.17, 15) is 9.59 Å². The van der Waals surface area contributed by atoms with Crippen LogP contribution in [-0.4, -0.2) is 22.8 Å². The number of benzene rings is 1. The number of hydrogen-bond acceptors (Lipinski definition) is 5. The number of nitrogens with zero attached hydrogens (tertiary/aromatic N) is 1. The highest BCUT2D eigenvalue weighted by Gasteiger charge is 2.20. The summed E-state index contributed by atoms with van der Waals surface area (Å²) in [6, 6.07) is 4.18. The van der Waals surface area contributed by atoms with Gasteiger partial charge in [0.1, 0.15) is 0 Å². The maximum absolute atomic E-state index is 12.6. The molecule has 0 aliphatic rings. The van der Waals surface area contributed by atoms with Gasteiger partial charge in [0, 0.05) is 16.5 Å². The first-order valence-corrected chi connectivity index (χ1v) is 10.5. The number of nitrogens with one attached hydrogen (secondary N) is 2. The molecule has 1 atom stereocenters. The van der Waals surface area contributed by atoms with Crippen LogP contribution in [0.15, 0.2) is 23.6 Å². The smallest absolute Gasteiger partial charge is 0.259 e. The minimum absolute atomic E-state index is 0.0993. The topological polar surface area (TPSA) is 97.1 Å². The number of anilines is 2. The molecule has 1 aromatic carbocycles. The molecule has 2 amide bonds. The van der Waals surface area contributed by atoms with Gasteiger partial charge in [0.05, 0.1) is 22.3 Å². The van der Waals surface area contributed by atoms with Gasteiger partial charge in [-0.2, -0.15) is 0 Å². The fraction of sp³-hybridized carbons (Fsp3) is 0.450. The molecule has 2 rings (SSSR count). The molecule has 1 unspecified atom stereocenters. The summed E-state index contributed by atoms with van der Waals surface area (Å²) in [5.41, 5.74) is 7.43. The third-order valence-corrected chi connectivity index (χ3v) is 5.26. The van der Waals surface area contributed by atoms with E-state index in [1.165, 1.54) is 11.3 Å². The summed E-state index contributed by atoms with van der Waals surface area (Å²) in [7, 11) is 0. The first-order chi connectivity index (χ1) is 13.1. The van der Waals surface area contributed by atoms with Crippen molar-refractivity contribution in [1.82, 2.24) is 4.98 Å². The van der Waals surface area contributed by atoms with Crippen LogP contribution in [0.2, 0.25) is 5.02 Å². The van der Waals surface area contributed by atoms with Crippen molar-refractivity contribution in [2.45, 2.75) is 58.4 Å². The van der Waals surface area contributed by atoms with E-state index < -0.39 is 6.04 Å². The van der Waals surface area contributed by atoms with Crippen molar-refractivity contribution in [3.8, 4) is 0 Å². The second-order valence-corrected chi connectivity index (χ2v) is 8.94. The van der Waals surface area contributed by atoms with Crippen molar-refractivity contribution in [2.75, 3.05) is 10.6 Å². The molecular formula is C20H27ClN4O2S. The van der Waals surface area contributed by atoms with Gasteiger partial charge >= 0.3 is 0 Å². The highest BCUT2D eigenvalue weighted by atomic mass is 35.5. The minimum Gasteiger partial charge on any atom is -0.325 e. The van der Waals surface area contributed by atoms with Crippen molar-refractivity contribution in [3.05, 3.63) is 39.9 Å². The summed E-state index contributed by atoms with van der Waals surface area (Å²) >= 11 is 7.55. The molecule has 0 saturated heterocycles. The Kier molecular flexibility index (Phi) is 7.57. The summed E-state index contributed by atoms with van der Waals surface area (Å²) in [6.45, 7) is 8.22.